The van der Waals surface area contributed by atoms with Gasteiger partial charge in [0, 0.05) is 25.2 Å². The molecule has 0 unspecified atom stereocenters. The van der Waals surface area contributed by atoms with Crippen molar-refractivity contribution < 1.29 is 4.79 Å². The molecule has 0 aromatic carbocycles. The summed E-state index contributed by atoms with van der Waals surface area (Å²) in [5.41, 5.74) is 6.84. The van der Waals surface area contributed by atoms with Crippen molar-refractivity contribution in [3.05, 3.63) is 18.0 Å². The van der Waals surface area contributed by atoms with Crippen LogP contribution < -0.4 is 11.1 Å². The molecule has 0 spiro atoms. The first kappa shape index (κ1) is 12.2. The first-order chi connectivity index (χ1) is 7.56. The van der Waals surface area contributed by atoms with Gasteiger partial charge in [-0.15, -0.1) is 12.3 Å². The molecule has 0 bridgehead atoms. The quantitative estimate of drug-likeness (QED) is 0.594. The molecule has 86 valence electrons. The number of nitrogens with zero attached hydrogens (tertiary/aromatic N) is 1. The van der Waals surface area contributed by atoms with Gasteiger partial charge in [-0.05, 0) is 19.9 Å². The van der Waals surface area contributed by atoms with Crippen LogP contribution in [0, 0.1) is 12.3 Å². The lowest BCUT2D eigenvalue weighted by molar-refractivity contribution is 0.0944. The number of carbonyl (C=O) groups excluding carboxylic acids is 1. The highest BCUT2D eigenvalue weighted by molar-refractivity contribution is 5.93. The first-order valence-corrected chi connectivity index (χ1v) is 5.25. The third-order valence-electron chi connectivity index (χ3n) is 2.21. The maximum Gasteiger partial charge on any atom is 0.268 e. The molecule has 0 aliphatic carbocycles. The Morgan fingerprint density at radius 3 is 2.94 bits per heavy atom. The van der Waals surface area contributed by atoms with Gasteiger partial charge in [0.25, 0.3) is 5.91 Å². The molecule has 3 N–H and O–H groups in total. The molecular formula is C12H17N3O. The Morgan fingerprint density at radius 1 is 1.69 bits per heavy atom. The van der Waals surface area contributed by atoms with E-state index in [1.165, 1.54) is 0 Å². The number of hydrogen-bond donors (Lipinski definition) is 2. The van der Waals surface area contributed by atoms with Gasteiger partial charge in [0.2, 0.25) is 0 Å². The molecule has 0 atom stereocenters. The average molecular weight is 219 g/mol. The lowest BCUT2D eigenvalue weighted by Gasteiger charge is -2.12. The average Bonchev–Trinajstić information content (AvgIpc) is 2.61. The normalized spacial score (nSPS) is 10.1. The highest BCUT2D eigenvalue weighted by atomic mass is 16.1. The molecule has 0 saturated carbocycles. The fourth-order valence-electron chi connectivity index (χ4n) is 1.45. The number of hydrogen-bond acceptors (Lipinski definition) is 2. The maximum absolute atomic E-state index is 11.8. The Bertz CT molecular complexity index is 412. The minimum absolute atomic E-state index is 0.138. The van der Waals surface area contributed by atoms with Crippen LogP contribution in [0.25, 0.3) is 0 Å². The number of anilines is 1. The summed E-state index contributed by atoms with van der Waals surface area (Å²) in [5, 5.41) is 2.75. The van der Waals surface area contributed by atoms with Crippen LogP contribution >= 0.6 is 0 Å². The summed E-state index contributed by atoms with van der Waals surface area (Å²) >= 11 is 0. The zero-order valence-electron chi connectivity index (χ0n) is 9.66. The van der Waals surface area contributed by atoms with E-state index in [4.69, 9.17) is 12.2 Å². The van der Waals surface area contributed by atoms with Crippen LogP contribution in [0.4, 0.5) is 5.69 Å². The summed E-state index contributed by atoms with van der Waals surface area (Å²) in [6, 6.07) is 1.87. The lowest BCUT2D eigenvalue weighted by atomic mass is 10.3. The van der Waals surface area contributed by atoms with E-state index in [1.807, 2.05) is 18.4 Å². The Balaban J connectivity index is 2.79. The lowest BCUT2D eigenvalue weighted by Crippen LogP contribution is -2.26. The van der Waals surface area contributed by atoms with E-state index in [0.29, 0.717) is 24.3 Å². The van der Waals surface area contributed by atoms with Gasteiger partial charge in [0.1, 0.15) is 5.69 Å². The van der Waals surface area contributed by atoms with Crippen molar-refractivity contribution in [2.24, 2.45) is 0 Å². The Labute approximate surface area is 95.8 Å². The third-order valence-corrected chi connectivity index (χ3v) is 2.21. The summed E-state index contributed by atoms with van der Waals surface area (Å²) < 4.78 is 1.85. The van der Waals surface area contributed by atoms with E-state index >= 15 is 0 Å². The monoisotopic (exact) mass is 219 g/mol. The highest BCUT2D eigenvalue weighted by Crippen LogP contribution is 2.16. The summed E-state index contributed by atoms with van der Waals surface area (Å²) in [5.74, 6) is 2.33. The number of nitrogens with one attached hydrogen (secondary N) is 1. The third kappa shape index (κ3) is 2.80. The van der Waals surface area contributed by atoms with Crippen molar-refractivity contribution in [3.63, 3.8) is 0 Å². The number of amides is 1. The summed E-state index contributed by atoms with van der Waals surface area (Å²) in [6.45, 7) is 4.48. The molecule has 0 aliphatic heterocycles. The second-order valence-electron chi connectivity index (χ2n) is 3.87. The van der Waals surface area contributed by atoms with E-state index in [1.54, 1.807) is 12.3 Å². The fourth-order valence-corrected chi connectivity index (χ4v) is 1.45. The van der Waals surface area contributed by atoms with Gasteiger partial charge < -0.3 is 15.6 Å². The number of rotatable bonds is 4. The summed E-state index contributed by atoms with van der Waals surface area (Å²) in [4.78, 5) is 11.8. The van der Waals surface area contributed by atoms with Crippen LogP contribution in [-0.2, 0) is 0 Å². The van der Waals surface area contributed by atoms with Crippen molar-refractivity contribution in [1.82, 2.24) is 9.88 Å². The summed E-state index contributed by atoms with van der Waals surface area (Å²) in [6.07, 6.45) is 7.41. The SMILES string of the molecule is C#CCCNC(=O)c1cc(N)cn1C(C)C. The molecule has 0 fully saturated rings. The molecule has 1 aromatic rings. The van der Waals surface area contributed by atoms with Crippen LogP contribution in [-0.4, -0.2) is 17.0 Å². The minimum Gasteiger partial charge on any atom is -0.397 e. The Hall–Kier alpha value is -1.89. The fraction of sp³-hybridized carbons (Fsp3) is 0.417. The molecule has 1 rings (SSSR count). The molecule has 0 aliphatic rings. The molecule has 1 aromatic heterocycles. The molecule has 4 heteroatoms. The van der Waals surface area contributed by atoms with E-state index in [9.17, 15) is 4.79 Å². The Morgan fingerprint density at radius 2 is 2.38 bits per heavy atom. The van der Waals surface area contributed by atoms with E-state index in [2.05, 4.69) is 11.2 Å². The van der Waals surface area contributed by atoms with Crippen molar-refractivity contribution in [2.75, 3.05) is 12.3 Å². The van der Waals surface area contributed by atoms with Crippen molar-refractivity contribution in [1.29, 1.82) is 0 Å². The van der Waals surface area contributed by atoms with Crippen LogP contribution in [0.2, 0.25) is 0 Å². The zero-order valence-corrected chi connectivity index (χ0v) is 9.66. The van der Waals surface area contributed by atoms with Crippen molar-refractivity contribution in [3.8, 4) is 12.3 Å². The molecule has 0 radical (unpaired) electrons. The molecule has 1 amide bonds. The van der Waals surface area contributed by atoms with E-state index < -0.39 is 0 Å². The predicted molar refractivity (Wildman–Crippen MR) is 65.0 cm³/mol. The van der Waals surface area contributed by atoms with E-state index in [0.717, 1.165) is 0 Å². The van der Waals surface area contributed by atoms with Gasteiger partial charge in [0.15, 0.2) is 0 Å². The Kier molecular flexibility index (Phi) is 4.01. The number of terminal acetylenes is 1. The van der Waals surface area contributed by atoms with E-state index in [-0.39, 0.29) is 11.9 Å². The van der Waals surface area contributed by atoms with Gasteiger partial charge >= 0.3 is 0 Å². The van der Waals surface area contributed by atoms with Crippen LogP contribution in [0.3, 0.4) is 0 Å². The molecule has 16 heavy (non-hydrogen) atoms. The number of nitrogens with two attached hydrogens (primary N) is 1. The smallest absolute Gasteiger partial charge is 0.268 e. The van der Waals surface area contributed by atoms with Crippen molar-refractivity contribution >= 4 is 11.6 Å². The minimum atomic E-state index is -0.138. The number of aromatic nitrogens is 1. The highest BCUT2D eigenvalue weighted by Gasteiger charge is 2.13. The number of nitrogen functional groups attached to an aromatic ring is 1. The molecule has 1 heterocycles. The topological polar surface area (TPSA) is 60.1 Å². The van der Waals surface area contributed by atoms with Gasteiger partial charge in [-0.25, -0.2) is 0 Å². The standard InChI is InChI=1S/C12H17N3O/c1-4-5-6-14-12(16)11-7-10(13)8-15(11)9(2)3/h1,7-9H,5-6,13H2,2-3H3,(H,14,16). The number of carbonyl (C=O) groups is 1. The maximum atomic E-state index is 11.8. The first-order valence-electron chi connectivity index (χ1n) is 5.25. The molecular weight excluding hydrogens is 202 g/mol. The molecule has 4 nitrogen and oxygen atoms in total. The van der Waals surface area contributed by atoms with Crippen molar-refractivity contribution in [2.45, 2.75) is 26.3 Å². The van der Waals surface area contributed by atoms with Gasteiger partial charge in [0.05, 0.1) is 5.69 Å². The van der Waals surface area contributed by atoms with Crippen LogP contribution in [0.5, 0.6) is 0 Å². The molecule has 0 saturated heterocycles. The predicted octanol–water partition coefficient (Wildman–Crippen LogP) is 1.40. The summed E-state index contributed by atoms with van der Waals surface area (Å²) in [7, 11) is 0. The second kappa shape index (κ2) is 5.26. The van der Waals surface area contributed by atoms with Crippen LogP contribution in [0.15, 0.2) is 12.3 Å². The largest absolute Gasteiger partial charge is 0.397 e. The van der Waals surface area contributed by atoms with Gasteiger partial charge in [-0.3, -0.25) is 4.79 Å². The van der Waals surface area contributed by atoms with Crippen LogP contribution in [0.1, 0.15) is 36.8 Å². The second-order valence-corrected chi connectivity index (χ2v) is 3.87. The zero-order chi connectivity index (χ0) is 12.1. The van der Waals surface area contributed by atoms with Gasteiger partial charge in [-0.1, -0.05) is 0 Å². The van der Waals surface area contributed by atoms with Gasteiger partial charge in [-0.2, -0.15) is 0 Å².